The van der Waals surface area contributed by atoms with Gasteiger partial charge in [-0.25, -0.2) is 13.2 Å². The zero-order valence-electron chi connectivity index (χ0n) is 8.78. The zero-order valence-corrected chi connectivity index (χ0v) is 8.78. The fourth-order valence-corrected chi connectivity index (χ4v) is 1.59. The van der Waals surface area contributed by atoms with Crippen LogP contribution in [0.15, 0.2) is 24.3 Å². The summed E-state index contributed by atoms with van der Waals surface area (Å²) < 4.78 is 38.9. The minimum absolute atomic E-state index is 0.249. The third-order valence-corrected chi connectivity index (χ3v) is 2.35. The quantitative estimate of drug-likeness (QED) is 0.687. The van der Waals surface area contributed by atoms with Crippen LogP contribution in [0.3, 0.4) is 0 Å². The SMILES string of the molecule is Oc1cc(O)c(-c2cc(F)c(F)c(F)c2)c(O)c1. The molecule has 0 heterocycles. The van der Waals surface area contributed by atoms with E-state index in [2.05, 4.69) is 0 Å². The number of phenols is 3. The Balaban J connectivity index is 2.70. The van der Waals surface area contributed by atoms with Crippen LogP contribution in [-0.2, 0) is 0 Å². The fourth-order valence-electron chi connectivity index (χ4n) is 1.59. The maximum atomic E-state index is 13.0. The molecule has 0 aliphatic carbocycles. The van der Waals surface area contributed by atoms with Gasteiger partial charge in [0.25, 0.3) is 0 Å². The predicted molar refractivity (Wildman–Crippen MR) is 56.7 cm³/mol. The van der Waals surface area contributed by atoms with Crippen molar-refractivity contribution in [3.8, 4) is 28.4 Å². The van der Waals surface area contributed by atoms with E-state index in [9.17, 15) is 23.4 Å². The molecule has 0 aliphatic heterocycles. The highest BCUT2D eigenvalue weighted by Gasteiger charge is 2.17. The first kappa shape index (κ1) is 12.1. The molecule has 6 heteroatoms. The monoisotopic (exact) mass is 256 g/mol. The third-order valence-electron chi connectivity index (χ3n) is 2.35. The van der Waals surface area contributed by atoms with Crippen molar-refractivity contribution in [3.63, 3.8) is 0 Å². The first-order valence-electron chi connectivity index (χ1n) is 4.80. The molecular formula is C12H7F3O3. The average molecular weight is 256 g/mol. The molecule has 2 rings (SSSR count). The Bertz CT molecular complexity index is 580. The van der Waals surface area contributed by atoms with Crippen LogP contribution in [0, 0.1) is 17.5 Å². The summed E-state index contributed by atoms with van der Waals surface area (Å²) in [5.74, 6) is -6.13. The first-order valence-corrected chi connectivity index (χ1v) is 4.80. The zero-order chi connectivity index (χ0) is 13.4. The summed E-state index contributed by atoms with van der Waals surface area (Å²) in [7, 11) is 0. The van der Waals surface area contributed by atoms with Crippen LogP contribution in [0.4, 0.5) is 13.2 Å². The summed E-state index contributed by atoms with van der Waals surface area (Å²) in [4.78, 5) is 0. The van der Waals surface area contributed by atoms with Crippen LogP contribution in [0.5, 0.6) is 17.2 Å². The predicted octanol–water partition coefficient (Wildman–Crippen LogP) is 2.89. The molecule has 18 heavy (non-hydrogen) atoms. The summed E-state index contributed by atoms with van der Waals surface area (Å²) >= 11 is 0. The Morgan fingerprint density at radius 3 is 1.61 bits per heavy atom. The second-order valence-corrected chi connectivity index (χ2v) is 3.61. The maximum absolute atomic E-state index is 13.0. The van der Waals surface area contributed by atoms with Crippen LogP contribution in [0.1, 0.15) is 0 Å². The van der Waals surface area contributed by atoms with Gasteiger partial charge in [-0.05, 0) is 17.7 Å². The number of hydrogen-bond donors (Lipinski definition) is 3. The summed E-state index contributed by atoms with van der Waals surface area (Å²) in [6.07, 6.45) is 0. The van der Waals surface area contributed by atoms with E-state index in [0.29, 0.717) is 12.1 Å². The molecule has 0 aromatic heterocycles. The van der Waals surface area contributed by atoms with Crippen LogP contribution >= 0.6 is 0 Å². The molecule has 3 N–H and O–H groups in total. The van der Waals surface area contributed by atoms with E-state index in [1.54, 1.807) is 0 Å². The number of benzene rings is 2. The highest BCUT2D eigenvalue weighted by molar-refractivity contribution is 5.77. The molecule has 0 amide bonds. The molecule has 0 saturated heterocycles. The maximum Gasteiger partial charge on any atom is 0.194 e. The van der Waals surface area contributed by atoms with Crippen molar-refractivity contribution in [2.75, 3.05) is 0 Å². The lowest BCUT2D eigenvalue weighted by Crippen LogP contribution is -1.92. The molecule has 0 fully saturated rings. The molecule has 3 nitrogen and oxygen atoms in total. The molecule has 94 valence electrons. The minimum Gasteiger partial charge on any atom is -0.508 e. The molecule has 0 spiro atoms. The molecule has 2 aromatic rings. The Hall–Kier alpha value is -2.37. The highest BCUT2D eigenvalue weighted by atomic mass is 19.2. The lowest BCUT2D eigenvalue weighted by atomic mass is 10.0. The normalized spacial score (nSPS) is 10.6. The van der Waals surface area contributed by atoms with Crippen LogP contribution in [0.2, 0.25) is 0 Å². The van der Waals surface area contributed by atoms with Crippen LogP contribution < -0.4 is 0 Å². The third kappa shape index (κ3) is 1.92. The number of phenolic OH excluding ortho intramolecular Hbond substituents is 3. The van der Waals surface area contributed by atoms with Crippen LogP contribution in [0.25, 0.3) is 11.1 Å². The molecule has 2 aromatic carbocycles. The van der Waals surface area contributed by atoms with Gasteiger partial charge >= 0.3 is 0 Å². The van der Waals surface area contributed by atoms with E-state index in [4.69, 9.17) is 5.11 Å². The molecule has 0 aliphatic rings. The van der Waals surface area contributed by atoms with Crippen molar-refractivity contribution in [1.82, 2.24) is 0 Å². The largest absolute Gasteiger partial charge is 0.508 e. The van der Waals surface area contributed by atoms with Gasteiger partial charge in [-0.1, -0.05) is 0 Å². The van der Waals surface area contributed by atoms with Crippen molar-refractivity contribution in [2.24, 2.45) is 0 Å². The van der Waals surface area contributed by atoms with E-state index in [1.807, 2.05) is 0 Å². The van der Waals surface area contributed by atoms with E-state index in [0.717, 1.165) is 12.1 Å². The summed E-state index contributed by atoms with van der Waals surface area (Å²) in [5.41, 5.74) is -0.549. The molecular weight excluding hydrogens is 249 g/mol. The lowest BCUT2D eigenvalue weighted by molar-refractivity contribution is 0.429. The van der Waals surface area contributed by atoms with Gasteiger partial charge in [0, 0.05) is 12.1 Å². The van der Waals surface area contributed by atoms with Gasteiger partial charge in [0.2, 0.25) is 0 Å². The van der Waals surface area contributed by atoms with Crippen LogP contribution in [-0.4, -0.2) is 15.3 Å². The number of hydrogen-bond acceptors (Lipinski definition) is 3. The molecule has 0 atom stereocenters. The second kappa shape index (κ2) is 4.14. The van der Waals surface area contributed by atoms with Crippen molar-refractivity contribution in [1.29, 1.82) is 0 Å². The van der Waals surface area contributed by atoms with Gasteiger partial charge in [-0.3, -0.25) is 0 Å². The average Bonchev–Trinajstić information content (AvgIpc) is 2.24. The smallest absolute Gasteiger partial charge is 0.194 e. The van der Waals surface area contributed by atoms with Gasteiger partial charge < -0.3 is 15.3 Å². The summed E-state index contributed by atoms with van der Waals surface area (Å²) in [6, 6.07) is 3.02. The van der Waals surface area contributed by atoms with E-state index in [1.165, 1.54) is 0 Å². The van der Waals surface area contributed by atoms with E-state index < -0.39 is 34.7 Å². The Morgan fingerprint density at radius 1 is 0.722 bits per heavy atom. The molecule has 0 saturated carbocycles. The van der Waals surface area contributed by atoms with E-state index in [-0.39, 0.29) is 11.1 Å². The number of halogens is 3. The van der Waals surface area contributed by atoms with Crippen molar-refractivity contribution in [3.05, 3.63) is 41.7 Å². The molecule has 0 bridgehead atoms. The summed E-state index contributed by atoms with van der Waals surface area (Å²) in [5, 5.41) is 28.1. The second-order valence-electron chi connectivity index (χ2n) is 3.61. The molecule has 0 radical (unpaired) electrons. The number of aromatic hydroxyl groups is 3. The standard InChI is InChI=1S/C12H7F3O3/c13-7-1-5(2-8(14)12(7)15)11-9(17)3-6(16)4-10(11)18/h1-4,16-18H. The van der Waals surface area contributed by atoms with Gasteiger partial charge in [0.05, 0.1) is 5.56 Å². The van der Waals surface area contributed by atoms with E-state index >= 15 is 0 Å². The number of rotatable bonds is 1. The Morgan fingerprint density at radius 2 is 1.17 bits per heavy atom. The highest BCUT2D eigenvalue weighted by Crippen LogP contribution is 2.40. The Labute approximate surface area is 99.4 Å². The lowest BCUT2D eigenvalue weighted by Gasteiger charge is -2.09. The topological polar surface area (TPSA) is 60.7 Å². The van der Waals surface area contributed by atoms with Gasteiger partial charge in [0.15, 0.2) is 17.5 Å². The fraction of sp³-hybridized carbons (Fsp3) is 0. The summed E-state index contributed by atoms with van der Waals surface area (Å²) in [6.45, 7) is 0. The first-order chi connectivity index (χ1) is 8.40. The van der Waals surface area contributed by atoms with Crippen molar-refractivity contribution in [2.45, 2.75) is 0 Å². The Kier molecular flexibility index (Phi) is 2.78. The van der Waals surface area contributed by atoms with Crippen molar-refractivity contribution >= 4 is 0 Å². The van der Waals surface area contributed by atoms with Gasteiger partial charge in [-0.15, -0.1) is 0 Å². The minimum atomic E-state index is -1.64. The van der Waals surface area contributed by atoms with Crippen molar-refractivity contribution < 1.29 is 28.5 Å². The van der Waals surface area contributed by atoms with Gasteiger partial charge in [-0.2, -0.15) is 0 Å². The molecule has 0 unspecified atom stereocenters. The van der Waals surface area contributed by atoms with Gasteiger partial charge in [0.1, 0.15) is 17.2 Å².